The molecule has 1 N–H and O–H groups in total. The molecule has 1 unspecified atom stereocenters. The van der Waals surface area contributed by atoms with E-state index in [1.54, 1.807) is 24.3 Å². The van der Waals surface area contributed by atoms with E-state index >= 15 is 0 Å². The van der Waals surface area contributed by atoms with E-state index in [1.807, 2.05) is 23.1 Å². The van der Waals surface area contributed by atoms with Crippen molar-refractivity contribution in [3.63, 3.8) is 0 Å². The Labute approximate surface area is 284 Å². The van der Waals surface area contributed by atoms with Crippen molar-refractivity contribution >= 4 is 40.7 Å². The third-order valence-electron chi connectivity index (χ3n) is 10.1. The fraction of sp³-hybridized carbons (Fsp3) is 0.429. The van der Waals surface area contributed by atoms with Gasteiger partial charge in [-0.15, -0.1) is 0 Å². The molecule has 0 saturated carbocycles. The van der Waals surface area contributed by atoms with Crippen molar-refractivity contribution < 1.29 is 28.2 Å². The van der Waals surface area contributed by atoms with Crippen molar-refractivity contribution in [2.45, 2.75) is 36.6 Å². The second-order valence-electron chi connectivity index (χ2n) is 12.5. The molecule has 47 heavy (non-hydrogen) atoms. The summed E-state index contributed by atoms with van der Waals surface area (Å²) < 4.78 is 30.1. The molecular formula is C35H39Cl2FN4O5. The van der Waals surface area contributed by atoms with E-state index in [0.717, 1.165) is 43.7 Å². The number of nitrogens with one attached hydrogen (secondary N) is 1. The molecule has 3 aromatic rings. The fourth-order valence-corrected chi connectivity index (χ4v) is 7.71. The maximum atomic E-state index is 13.9. The lowest BCUT2D eigenvalue weighted by molar-refractivity contribution is -0.125. The van der Waals surface area contributed by atoms with Crippen LogP contribution in [0.5, 0.6) is 17.2 Å². The van der Waals surface area contributed by atoms with Crippen LogP contribution in [0.3, 0.4) is 0 Å². The Morgan fingerprint density at radius 1 is 0.894 bits per heavy atom. The number of hydrogen-bond donors (Lipinski definition) is 1. The largest absolute Gasteiger partial charge is 0.493 e. The number of rotatable bonds is 9. The van der Waals surface area contributed by atoms with Gasteiger partial charge in [0.25, 0.3) is 5.91 Å². The van der Waals surface area contributed by atoms with Gasteiger partial charge in [-0.05, 0) is 86.3 Å². The SMILES string of the molecule is COc1cc(C(=O)N2CCC(CCN3CCC4(CC3)C(=O)NCN4c3ccc(F)cc3)(c3ccc(Cl)c(Cl)c3)C2)cc(OC)c1OC. The molecule has 0 aliphatic carbocycles. The number of piperidine rings is 1. The van der Waals surface area contributed by atoms with E-state index in [9.17, 15) is 14.0 Å². The summed E-state index contributed by atoms with van der Waals surface area (Å²) in [5, 5.41) is 3.97. The molecule has 3 aliphatic heterocycles. The first-order valence-electron chi connectivity index (χ1n) is 15.7. The van der Waals surface area contributed by atoms with Gasteiger partial charge in [-0.2, -0.15) is 0 Å². The van der Waals surface area contributed by atoms with Gasteiger partial charge in [0.2, 0.25) is 11.7 Å². The second-order valence-corrected chi connectivity index (χ2v) is 13.3. The van der Waals surface area contributed by atoms with Crippen LogP contribution >= 0.6 is 23.2 Å². The van der Waals surface area contributed by atoms with Crippen LogP contribution in [0.4, 0.5) is 10.1 Å². The van der Waals surface area contributed by atoms with Crippen LogP contribution in [0.1, 0.15) is 41.6 Å². The molecule has 3 saturated heterocycles. The number of carbonyl (C=O) groups is 2. The van der Waals surface area contributed by atoms with Crippen LogP contribution in [0.25, 0.3) is 0 Å². The molecule has 2 amide bonds. The van der Waals surface area contributed by atoms with Gasteiger partial charge in [-0.1, -0.05) is 29.3 Å². The lowest BCUT2D eigenvalue weighted by Gasteiger charge is -2.44. The van der Waals surface area contributed by atoms with Gasteiger partial charge in [-0.25, -0.2) is 4.39 Å². The summed E-state index contributed by atoms with van der Waals surface area (Å²) in [6, 6.07) is 15.4. The van der Waals surface area contributed by atoms with Gasteiger partial charge in [0.1, 0.15) is 11.4 Å². The van der Waals surface area contributed by atoms with E-state index in [4.69, 9.17) is 37.4 Å². The van der Waals surface area contributed by atoms with Gasteiger partial charge < -0.3 is 34.2 Å². The average Bonchev–Trinajstić information content (AvgIpc) is 3.67. The van der Waals surface area contributed by atoms with Crippen molar-refractivity contribution in [2.24, 2.45) is 0 Å². The zero-order valence-electron chi connectivity index (χ0n) is 26.8. The monoisotopic (exact) mass is 684 g/mol. The van der Waals surface area contributed by atoms with E-state index in [2.05, 4.69) is 15.1 Å². The molecule has 0 aromatic heterocycles. The average molecular weight is 686 g/mol. The molecule has 1 atom stereocenters. The number of carbonyl (C=O) groups excluding carboxylic acids is 2. The van der Waals surface area contributed by atoms with Gasteiger partial charge in [-0.3, -0.25) is 9.59 Å². The van der Waals surface area contributed by atoms with E-state index < -0.39 is 5.54 Å². The molecular weight excluding hydrogens is 646 g/mol. The standard InChI is InChI=1S/C35H39Cl2FN4O5/c1-45-29-18-23(19-30(46-2)31(29)47-3)32(43)41-17-11-34(21-41,24-4-9-27(36)28(37)20-24)10-14-40-15-12-35(13-16-40)33(44)39-22-42(35)26-7-5-25(38)6-8-26/h4-9,18-20H,10-17,21-22H2,1-3H3,(H,39,44). The van der Waals surface area contributed by atoms with Crippen LogP contribution < -0.4 is 24.4 Å². The summed E-state index contributed by atoms with van der Waals surface area (Å²) >= 11 is 12.8. The normalized spacial score (nSPS) is 20.9. The highest BCUT2D eigenvalue weighted by Crippen LogP contribution is 2.43. The zero-order valence-corrected chi connectivity index (χ0v) is 28.3. The number of nitrogens with zero attached hydrogens (tertiary/aromatic N) is 3. The molecule has 3 fully saturated rings. The van der Waals surface area contributed by atoms with Gasteiger partial charge >= 0.3 is 0 Å². The molecule has 3 aromatic carbocycles. The van der Waals surface area contributed by atoms with Crippen LogP contribution in [-0.2, 0) is 10.2 Å². The number of anilines is 1. The first-order valence-corrected chi connectivity index (χ1v) is 16.5. The third kappa shape index (κ3) is 6.19. The summed E-state index contributed by atoms with van der Waals surface area (Å²) in [5.41, 5.74) is 1.31. The second kappa shape index (κ2) is 13.4. The molecule has 0 radical (unpaired) electrons. The molecule has 3 aliphatic rings. The lowest BCUT2D eigenvalue weighted by Crippen LogP contribution is -2.56. The minimum absolute atomic E-state index is 0.0190. The number of hydrogen-bond acceptors (Lipinski definition) is 7. The summed E-state index contributed by atoms with van der Waals surface area (Å²) in [4.78, 5) is 33.4. The van der Waals surface area contributed by atoms with Gasteiger partial charge in [0.15, 0.2) is 11.5 Å². The van der Waals surface area contributed by atoms with Crippen LogP contribution in [-0.4, -0.2) is 87.9 Å². The van der Waals surface area contributed by atoms with E-state index in [1.165, 1.54) is 33.5 Å². The Hall–Kier alpha value is -3.73. The highest BCUT2D eigenvalue weighted by atomic mass is 35.5. The Morgan fingerprint density at radius 2 is 1.57 bits per heavy atom. The Bertz CT molecular complexity index is 1620. The first kappa shape index (κ1) is 33.2. The van der Waals surface area contributed by atoms with Gasteiger partial charge in [0.05, 0.1) is 38.0 Å². The Balaban J connectivity index is 1.20. The quantitative estimate of drug-likeness (QED) is 0.307. The highest BCUT2D eigenvalue weighted by Gasteiger charge is 2.50. The van der Waals surface area contributed by atoms with Crippen molar-refractivity contribution in [1.82, 2.24) is 15.1 Å². The molecule has 6 rings (SSSR count). The molecule has 12 heteroatoms. The zero-order chi connectivity index (χ0) is 33.3. The Morgan fingerprint density at radius 3 is 2.19 bits per heavy atom. The van der Waals surface area contributed by atoms with Crippen molar-refractivity contribution in [1.29, 1.82) is 0 Å². The van der Waals surface area contributed by atoms with Gasteiger partial charge in [0, 0.05) is 42.8 Å². The minimum Gasteiger partial charge on any atom is -0.493 e. The van der Waals surface area contributed by atoms with E-state index in [0.29, 0.717) is 65.5 Å². The van der Waals surface area contributed by atoms with Crippen LogP contribution in [0.2, 0.25) is 10.0 Å². The Kier molecular flexibility index (Phi) is 9.47. The number of halogens is 3. The smallest absolute Gasteiger partial charge is 0.254 e. The topological polar surface area (TPSA) is 83.6 Å². The molecule has 1 spiro atoms. The van der Waals surface area contributed by atoms with Crippen molar-refractivity contribution in [3.8, 4) is 17.2 Å². The first-order chi connectivity index (χ1) is 22.6. The molecule has 0 bridgehead atoms. The maximum absolute atomic E-state index is 13.9. The number of likely N-dealkylation sites (tertiary alicyclic amines) is 2. The predicted molar refractivity (Wildman–Crippen MR) is 180 cm³/mol. The van der Waals surface area contributed by atoms with Crippen molar-refractivity contribution in [3.05, 3.63) is 81.6 Å². The molecule has 9 nitrogen and oxygen atoms in total. The number of amides is 2. The maximum Gasteiger partial charge on any atom is 0.254 e. The predicted octanol–water partition coefficient (Wildman–Crippen LogP) is 5.76. The molecule has 250 valence electrons. The van der Waals surface area contributed by atoms with Crippen LogP contribution in [0.15, 0.2) is 54.6 Å². The lowest BCUT2D eigenvalue weighted by atomic mass is 9.76. The molecule has 3 heterocycles. The number of ether oxygens (including phenoxy) is 3. The van der Waals surface area contributed by atoms with Crippen LogP contribution in [0, 0.1) is 5.82 Å². The third-order valence-corrected chi connectivity index (χ3v) is 10.9. The number of benzene rings is 3. The summed E-state index contributed by atoms with van der Waals surface area (Å²) in [7, 11) is 4.58. The number of methoxy groups -OCH3 is 3. The highest BCUT2D eigenvalue weighted by molar-refractivity contribution is 6.42. The fourth-order valence-electron chi connectivity index (χ4n) is 7.41. The van der Waals surface area contributed by atoms with E-state index in [-0.39, 0.29) is 23.0 Å². The minimum atomic E-state index is -0.660. The summed E-state index contributed by atoms with van der Waals surface area (Å²) in [6.07, 6.45) is 2.84. The summed E-state index contributed by atoms with van der Waals surface area (Å²) in [6.45, 7) is 3.71. The van der Waals surface area contributed by atoms with Crippen molar-refractivity contribution in [2.75, 3.05) is 65.6 Å². The summed E-state index contributed by atoms with van der Waals surface area (Å²) in [5.74, 6) is 0.855.